The summed E-state index contributed by atoms with van der Waals surface area (Å²) >= 11 is 0. The fourth-order valence-electron chi connectivity index (χ4n) is 4.71. The van der Waals surface area contributed by atoms with Crippen molar-refractivity contribution in [3.8, 4) is 11.1 Å². The number of nitrogens with one attached hydrogen (secondary N) is 2. The fourth-order valence-corrected chi connectivity index (χ4v) is 5.32. The third kappa shape index (κ3) is 4.30. The first-order valence-corrected chi connectivity index (χ1v) is 13.7. The molecule has 1 aromatic carbocycles. The minimum absolute atomic E-state index is 0.0540. The lowest BCUT2D eigenvalue weighted by Crippen LogP contribution is -2.11. The smallest absolute Gasteiger partial charge is 0.229 e. The molecule has 0 bridgehead atoms. The lowest BCUT2D eigenvalue weighted by atomic mass is 9.97. The molecular formula is C25H24FN9O2S. The SMILES string of the molecule is Cc1c(NS(C)(=O)=O)cncc1-c1cc2cc(Nc3cc4n(n3)Cc3nccn3CC4)ncc2c(N)c1F. The first kappa shape index (κ1) is 23.9. The Hall–Kier alpha value is -4.52. The maximum Gasteiger partial charge on any atom is 0.229 e. The van der Waals surface area contributed by atoms with E-state index in [1.54, 1.807) is 25.3 Å². The van der Waals surface area contributed by atoms with Gasteiger partial charge in [0, 0.05) is 66.0 Å². The topological polar surface area (TPSA) is 146 Å². The molecule has 0 saturated heterocycles. The normalized spacial score (nSPS) is 13.1. The number of halogens is 1. The number of fused-ring (bicyclic) bond motifs is 3. The number of hydrogen-bond donors (Lipinski definition) is 3. The zero-order chi connectivity index (χ0) is 26.6. The zero-order valence-electron chi connectivity index (χ0n) is 20.6. The second kappa shape index (κ2) is 8.80. The van der Waals surface area contributed by atoms with E-state index in [0.717, 1.165) is 30.7 Å². The van der Waals surface area contributed by atoms with Crippen LogP contribution in [0, 0.1) is 12.7 Å². The van der Waals surface area contributed by atoms with Gasteiger partial charge in [0.1, 0.15) is 11.6 Å². The van der Waals surface area contributed by atoms with Crippen LogP contribution in [0.3, 0.4) is 0 Å². The molecule has 1 aliphatic heterocycles. The van der Waals surface area contributed by atoms with Crippen LogP contribution in [0.4, 0.5) is 27.4 Å². The molecule has 1 aliphatic rings. The maximum absolute atomic E-state index is 15.4. The van der Waals surface area contributed by atoms with Crippen molar-refractivity contribution < 1.29 is 12.8 Å². The van der Waals surface area contributed by atoms with Crippen molar-refractivity contribution in [2.24, 2.45) is 0 Å². The molecule has 194 valence electrons. The van der Waals surface area contributed by atoms with Crippen LogP contribution in [-0.2, 0) is 29.5 Å². The number of benzene rings is 1. The highest BCUT2D eigenvalue weighted by Crippen LogP contribution is 2.37. The van der Waals surface area contributed by atoms with Gasteiger partial charge < -0.3 is 15.6 Å². The molecule has 6 rings (SSSR count). The Morgan fingerprint density at radius 1 is 1.08 bits per heavy atom. The number of hydrogen-bond acceptors (Lipinski definition) is 8. The van der Waals surface area contributed by atoms with Gasteiger partial charge in [-0.15, -0.1) is 0 Å². The number of sulfonamides is 1. The van der Waals surface area contributed by atoms with E-state index < -0.39 is 15.8 Å². The molecule has 0 unspecified atom stereocenters. The Morgan fingerprint density at radius 2 is 1.92 bits per heavy atom. The summed E-state index contributed by atoms with van der Waals surface area (Å²) in [6.07, 6.45) is 10.0. The summed E-state index contributed by atoms with van der Waals surface area (Å²) in [4.78, 5) is 12.9. The molecule has 0 aliphatic carbocycles. The average Bonchev–Trinajstić information content (AvgIpc) is 3.43. The number of pyridine rings is 2. The van der Waals surface area contributed by atoms with Gasteiger partial charge in [0.05, 0.1) is 30.4 Å². The molecule has 5 heterocycles. The molecule has 0 spiro atoms. The Labute approximate surface area is 217 Å². The number of anilines is 4. The van der Waals surface area contributed by atoms with Gasteiger partial charge in [0.2, 0.25) is 10.0 Å². The molecule has 0 fully saturated rings. The Kier molecular flexibility index (Phi) is 5.52. The van der Waals surface area contributed by atoms with Crippen LogP contribution in [0.1, 0.15) is 17.1 Å². The van der Waals surface area contributed by atoms with Crippen LogP contribution in [0.25, 0.3) is 21.9 Å². The molecule has 0 radical (unpaired) electrons. The van der Waals surface area contributed by atoms with Gasteiger partial charge in [-0.1, -0.05) is 0 Å². The van der Waals surface area contributed by atoms with E-state index in [4.69, 9.17) is 5.73 Å². The summed E-state index contributed by atoms with van der Waals surface area (Å²) in [6.45, 7) is 3.10. The van der Waals surface area contributed by atoms with Crippen molar-refractivity contribution in [3.05, 3.63) is 72.1 Å². The molecule has 0 amide bonds. The molecular weight excluding hydrogens is 509 g/mol. The second-order valence-electron chi connectivity index (χ2n) is 9.27. The van der Waals surface area contributed by atoms with Gasteiger partial charge in [-0.05, 0) is 30.0 Å². The molecule has 4 N–H and O–H groups in total. The van der Waals surface area contributed by atoms with Crippen LogP contribution >= 0.6 is 0 Å². The third-order valence-corrected chi connectivity index (χ3v) is 7.21. The van der Waals surface area contributed by atoms with Crippen molar-refractivity contribution >= 4 is 43.8 Å². The fraction of sp³-hybridized carbons (Fsp3) is 0.200. The van der Waals surface area contributed by atoms with Crippen LogP contribution in [0.5, 0.6) is 0 Å². The van der Waals surface area contributed by atoms with Crippen molar-refractivity contribution in [1.82, 2.24) is 29.3 Å². The molecule has 4 aromatic heterocycles. The van der Waals surface area contributed by atoms with Crippen molar-refractivity contribution in [2.75, 3.05) is 22.0 Å². The van der Waals surface area contributed by atoms with Crippen molar-refractivity contribution in [3.63, 3.8) is 0 Å². The Morgan fingerprint density at radius 3 is 2.74 bits per heavy atom. The first-order chi connectivity index (χ1) is 18.2. The summed E-state index contributed by atoms with van der Waals surface area (Å²) in [5, 5.41) is 9.02. The highest BCUT2D eigenvalue weighted by atomic mass is 32.2. The molecule has 0 atom stereocenters. The Balaban J connectivity index is 1.36. The highest BCUT2D eigenvalue weighted by Gasteiger charge is 2.19. The number of nitrogens with two attached hydrogens (primary N) is 1. The predicted octanol–water partition coefficient (Wildman–Crippen LogP) is 3.44. The van der Waals surface area contributed by atoms with Gasteiger partial charge >= 0.3 is 0 Å². The van der Waals surface area contributed by atoms with E-state index in [1.807, 2.05) is 16.9 Å². The van der Waals surface area contributed by atoms with Gasteiger partial charge in [-0.3, -0.25) is 14.4 Å². The van der Waals surface area contributed by atoms with E-state index in [9.17, 15) is 8.42 Å². The highest BCUT2D eigenvalue weighted by molar-refractivity contribution is 7.92. The summed E-state index contributed by atoms with van der Waals surface area (Å²) in [5.74, 6) is 1.48. The second-order valence-corrected chi connectivity index (χ2v) is 11.0. The number of aryl methyl sites for hydroxylation is 2. The van der Waals surface area contributed by atoms with Gasteiger partial charge in [0.25, 0.3) is 0 Å². The first-order valence-electron chi connectivity index (χ1n) is 11.8. The predicted molar refractivity (Wildman–Crippen MR) is 143 cm³/mol. The van der Waals surface area contributed by atoms with E-state index in [2.05, 4.69) is 34.7 Å². The van der Waals surface area contributed by atoms with Gasteiger partial charge in [0.15, 0.2) is 11.6 Å². The molecule has 38 heavy (non-hydrogen) atoms. The molecule has 0 saturated carbocycles. The van der Waals surface area contributed by atoms with Crippen molar-refractivity contribution in [1.29, 1.82) is 0 Å². The lowest BCUT2D eigenvalue weighted by molar-refractivity contribution is 0.606. The molecule has 11 nitrogen and oxygen atoms in total. The summed E-state index contributed by atoms with van der Waals surface area (Å²) < 4.78 is 45.4. The zero-order valence-corrected chi connectivity index (χ0v) is 21.4. The lowest BCUT2D eigenvalue weighted by Gasteiger charge is -2.15. The monoisotopic (exact) mass is 533 g/mol. The maximum atomic E-state index is 15.4. The minimum atomic E-state index is -3.54. The van der Waals surface area contributed by atoms with Gasteiger partial charge in [-0.25, -0.2) is 22.8 Å². The number of imidazole rings is 1. The quantitative estimate of drug-likeness (QED) is 0.291. The van der Waals surface area contributed by atoms with Crippen LogP contribution in [-0.4, -0.2) is 44.0 Å². The van der Waals surface area contributed by atoms with Crippen LogP contribution < -0.4 is 15.8 Å². The van der Waals surface area contributed by atoms with Crippen LogP contribution in [0.2, 0.25) is 0 Å². The molecule has 13 heteroatoms. The van der Waals surface area contributed by atoms with E-state index >= 15 is 4.39 Å². The summed E-state index contributed by atoms with van der Waals surface area (Å²) in [6, 6.07) is 5.41. The average molecular weight is 534 g/mol. The molecule has 5 aromatic rings. The number of nitrogen functional groups attached to an aromatic ring is 1. The van der Waals surface area contributed by atoms with Gasteiger partial charge in [-0.2, -0.15) is 5.10 Å². The summed E-state index contributed by atoms with van der Waals surface area (Å²) in [5.41, 5.74) is 8.62. The van der Waals surface area contributed by atoms with E-state index in [0.29, 0.717) is 40.1 Å². The summed E-state index contributed by atoms with van der Waals surface area (Å²) in [7, 11) is -3.54. The van der Waals surface area contributed by atoms with Crippen LogP contribution in [0.15, 0.2) is 49.2 Å². The number of nitrogens with zero attached hydrogens (tertiary/aromatic N) is 6. The standard InChI is InChI=1S/C25H24FN9O2S/c1-14-18(10-28-12-20(14)33-38(2,36)37)17-7-15-8-21(30-11-19(15)25(27)24(17)26)31-22-9-16-3-5-34-6-4-29-23(34)13-35(16)32-22/h4,6-12,33H,3,5,13,27H2,1-2H3,(H,30,31,32). The number of aromatic nitrogens is 6. The largest absolute Gasteiger partial charge is 0.396 e. The third-order valence-electron chi connectivity index (χ3n) is 6.62. The minimum Gasteiger partial charge on any atom is -0.396 e. The van der Waals surface area contributed by atoms with E-state index in [-0.39, 0.29) is 16.9 Å². The Bertz CT molecular complexity index is 1830. The van der Waals surface area contributed by atoms with Crippen molar-refractivity contribution in [2.45, 2.75) is 26.4 Å². The van der Waals surface area contributed by atoms with E-state index in [1.165, 1.54) is 18.6 Å². The number of rotatable bonds is 5.